The molecular weight excluding hydrogens is 591 g/mol. The summed E-state index contributed by atoms with van der Waals surface area (Å²) in [7, 11) is 0. The van der Waals surface area contributed by atoms with E-state index in [9.17, 15) is 9.90 Å². The average Bonchev–Trinajstić information content (AvgIpc) is 2.93. The molecule has 0 saturated carbocycles. The molecule has 0 fully saturated rings. The Hall–Kier alpha value is -3.34. The molecule has 4 nitrogen and oxygen atoms in total. The summed E-state index contributed by atoms with van der Waals surface area (Å²) in [6.07, 6.45) is 5.58. The van der Waals surface area contributed by atoms with Crippen LogP contribution in [0.3, 0.4) is 0 Å². The van der Waals surface area contributed by atoms with E-state index in [1.54, 1.807) is 0 Å². The smallest absolute Gasteiger partial charge is 0.379 e. The third-order valence-electron chi connectivity index (χ3n) is 8.18. The monoisotopic (exact) mass is 632 g/mol. The van der Waals surface area contributed by atoms with Gasteiger partial charge in [0.25, 0.3) is 0 Å². The molecule has 1 aromatic heterocycles. The van der Waals surface area contributed by atoms with Crippen LogP contribution in [-0.2, 0) is 5.41 Å². The SMILES string of the molecule is CC(C)c1cc(Cl)c2c(c1)C(=CC1=C(O)C(=Cc3cc(C(C)(C)C)[o+]c4c(Cl)cc(C(C)C)cc34)C1=[OH+])C=C(C(C)(C)C)O2. The van der Waals surface area contributed by atoms with Gasteiger partial charge in [0.1, 0.15) is 27.7 Å². The summed E-state index contributed by atoms with van der Waals surface area (Å²) in [5.41, 5.74) is 5.30. The normalized spacial score (nSPS) is 17.5. The van der Waals surface area contributed by atoms with Crippen LogP contribution in [0.15, 0.2) is 69.6 Å². The van der Waals surface area contributed by atoms with Crippen LogP contribution in [0.5, 0.6) is 5.75 Å². The lowest BCUT2D eigenvalue weighted by Crippen LogP contribution is -2.22. The number of halogens is 2. The van der Waals surface area contributed by atoms with Gasteiger partial charge in [-0.2, -0.15) is 0 Å². The molecule has 1 aliphatic heterocycles. The highest BCUT2D eigenvalue weighted by Gasteiger charge is 2.40. The molecule has 2 aromatic carbocycles. The molecule has 0 spiro atoms. The molecule has 0 unspecified atom stereocenters. The second-order valence-corrected chi connectivity index (χ2v) is 15.3. The zero-order valence-electron chi connectivity index (χ0n) is 27.2. The van der Waals surface area contributed by atoms with Crippen LogP contribution in [0, 0.1) is 5.41 Å². The van der Waals surface area contributed by atoms with Gasteiger partial charge in [0.05, 0.1) is 15.8 Å². The van der Waals surface area contributed by atoms with E-state index in [0.29, 0.717) is 32.5 Å². The molecule has 5 rings (SSSR count). The number of rotatable bonds is 4. The first kappa shape index (κ1) is 32.1. The first-order valence-electron chi connectivity index (χ1n) is 15.1. The van der Waals surface area contributed by atoms with Crippen LogP contribution in [0.1, 0.15) is 109 Å². The Morgan fingerprint density at radius 1 is 0.841 bits per heavy atom. The number of carbonyl (C=O) groups excluding carboxylic acids is 1. The molecule has 0 atom stereocenters. The van der Waals surface area contributed by atoms with Crippen molar-refractivity contribution >= 4 is 51.6 Å². The Kier molecular flexibility index (Phi) is 8.18. The highest BCUT2D eigenvalue weighted by Crippen LogP contribution is 2.46. The molecular formula is C38H42Cl2O4+2. The number of fused-ring (bicyclic) bond motifs is 2. The van der Waals surface area contributed by atoms with Gasteiger partial charge in [-0.25, -0.2) is 4.42 Å². The maximum absolute atomic E-state index is 11.4. The summed E-state index contributed by atoms with van der Waals surface area (Å²) in [5, 5.41) is 13.2. The van der Waals surface area contributed by atoms with Crippen LogP contribution in [-0.4, -0.2) is 15.7 Å². The number of benzene rings is 2. The lowest BCUT2D eigenvalue weighted by molar-refractivity contribution is 0.291. The van der Waals surface area contributed by atoms with Crippen molar-refractivity contribution in [2.75, 3.05) is 0 Å². The van der Waals surface area contributed by atoms with E-state index < -0.39 is 0 Å². The Morgan fingerprint density at radius 3 is 2.02 bits per heavy atom. The van der Waals surface area contributed by atoms with E-state index in [4.69, 9.17) is 32.4 Å². The second kappa shape index (κ2) is 11.2. The third kappa shape index (κ3) is 5.87. The molecule has 2 heterocycles. The van der Waals surface area contributed by atoms with Crippen LogP contribution >= 0.6 is 23.2 Å². The fraction of sp³-hybridized carbons (Fsp3) is 0.368. The zero-order valence-corrected chi connectivity index (χ0v) is 28.8. The van der Waals surface area contributed by atoms with Gasteiger partial charge < -0.3 is 9.84 Å². The lowest BCUT2D eigenvalue weighted by Gasteiger charge is -2.30. The van der Waals surface area contributed by atoms with E-state index in [-0.39, 0.29) is 34.2 Å². The number of aliphatic hydroxyl groups is 1. The Balaban J connectivity index is 1.69. The van der Waals surface area contributed by atoms with Crippen LogP contribution in [0.25, 0.3) is 22.6 Å². The Bertz CT molecular complexity index is 1840. The molecule has 230 valence electrons. The number of hydrogen-bond donors (Lipinski definition) is 1. The number of allylic oxidation sites excluding steroid dienone is 6. The second-order valence-electron chi connectivity index (χ2n) is 14.5. The van der Waals surface area contributed by atoms with Crippen LogP contribution in [0.2, 0.25) is 10.0 Å². The molecule has 2 N–H and O–H groups in total. The number of ether oxygens (including phenoxy) is 1. The van der Waals surface area contributed by atoms with E-state index in [0.717, 1.165) is 44.7 Å². The fourth-order valence-electron chi connectivity index (χ4n) is 5.26. The minimum Gasteiger partial charge on any atom is -0.506 e. The summed E-state index contributed by atoms with van der Waals surface area (Å²) in [6.45, 7) is 20.9. The van der Waals surface area contributed by atoms with Crippen molar-refractivity contribution in [3.8, 4) is 5.75 Å². The average molecular weight is 634 g/mol. The summed E-state index contributed by atoms with van der Waals surface area (Å²) in [4.78, 5) is 11.4. The summed E-state index contributed by atoms with van der Waals surface area (Å²) in [6, 6.07) is 9.99. The standard InChI is InChI=1S/C38H40Cl2O4/c1-19(2)21-11-25-23(17-31(37(5,6)7)43-35(25)29(39)15-21)13-27-33(41)28(34(27)42)14-24-18-32(38(8,9)10)44-36-26(24)12-22(20(3)4)16-30(36)40/h11-20H,1-10H3/p+2. The van der Waals surface area contributed by atoms with E-state index in [1.165, 1.54) is 0 Å². The van der Waals surface area contributed by atoms with Gasteiger partial charge in [-0.05, 0) is 91.8 Å². The molecule has 0 amide bonds. The molecule has 0 radical (unpaired) electrons. The topological polar surface area (TPSA) is 62.2 Å². The van der Waals surface area contributed by atoms with Crippen molar-refractivity contribution in [2.24, 2.45) is 5.41 Å². The number of ketones is 1. The first-order valence-corrected chi connectivity index (χ1v) is 15.9. The molecule has 1 aliphatic carbocycles. The predicted octanol–water partition coefficient (Wildman–Crippen LogP) is 11.7. The maximum Gasteiger partial charge on any atom is 0.379 e. The minimum atomic E-state index is -0.288. The zero-order chi connectivity index (χ0) is 32.5. The van der Waals surface area contributed by atoms with Gasteiger partial charge in [0, 0.05) is 22.6 Å². The number of aliphatic hydroxyl groups excluding tert-OH is 1. The van der Waals surface area contributed by atoms with Crippen molar-refractivity contribution in [3.63, 3.8) is 0 Å². The molecule has 0 bridgehead atoms. The molecule has 2 aliphatic rings. The fourth-order valence-corrected chi connectivity index (χ4v) is 5.80. The largest absolute Gasteiger partial charge is 0.506 e. The highest BCUT2D eigenvalue weighted by molar-refractivity contribution is 6.35. The summed E-state index contributed by atoms with van der Waals surface area (Å²) in [5.74, 6) is 2.61. The van der Waals surface area contributed by atoms with Gasteiger partial charge in [0.2, 0.25) is 0 Å². The minimum absolute atomic E-state index is 0.0113. The van der Waals surface area contributed by atoms with E-state index in [1.807, 2.05) is 36.4 Å². The first-order chi connectivity index (χ1) is 20.4. The van der Waals surface area contributed by atoms with E-state index >= 15 is 0 Å². The molecule has 44 heavy (non-hydrogen) atoms. The molecule has 6 heteroatoms. The molecule has 0 saturated heterocycles. The van der Waals surface area contributed by atoms with Crippen molar-refractivity contribution in [1.82, 2.24) is 0 Å². The van der Waals surface area contributed by atoms with Crippen LogP contribution in [0.4, 0.5) is 0 Å². The van der Waals surface area contributed by atoms with Gasteiger partial charge in [-0.1, -0.05) is 71.7 Å². The van der Waals surface area contributed by atoms with E-state index in [2.05, 4.69) is 81.4 Å². The van der Waals surface area contributed by atoms with Gasteiger partial charge in [-0.15, -0.1) is 0 Å². The Labute approximate surface area is 270 Å². The number of hydrogen-bond acceptors (Lipinski definition) is 2. The summed E-state index contributed by atoms with van der Waals surface area (Å²) < 4.78 is 12.6. The van der Waals surface area contributed by atoms with Crippen molar-refractivity contribution in [1.29, 1.82) is 0 Å². The quantitative estimate of drug-likeness (QED) is 0.230. The highest BCUT2D eigenvalue weighted by atomic mass is 35.5. The summed E-state index contributed by atoms with van der Waals surface area (Å²) >= 11 is 13.5. The van der Waals surface area contributed by atoms with Crippen LogP contribution < -0.4 is 4.74 Å². The Morgan fingerprint density at radius 2 is 1.45 bits per heavy atom. The van der Waals surface area contributed by atoms with Gasteiger partial charge in [0.15, 0.2) is 5.75 Å². The predicted molar refractivity (Wildman–Crippen MR) is 185 cm³/mol. The maximum atomic E-state index is 11.4. The molecule has 3 aromatic rings. The van der Waals surface area contributed by atoms with Gasteiger partial charge in [-0.3, -0.25) is 4.79 Å². The van der Waals surface area contributed by atoms with Gasteiger partial charge >= 0.3 is 17.1 Å². The van der Waals surface area contributed by atoms with Crippen molar-refractivity contribution < 1.29 is 19.1 Å². The van der Waals surface area contributed by atoms with Crippen molar-refractivity contribution in [3.05, 3.63) is 103 Å². The third-order valence-corrected chi connectivity index (χ3v) is 8.74. The lowest BCUT2D eigenvalue weighted by atomic mass is 9.82. The van der Waals surface area contributed by atoms with Crippen molar-refractivity contribution in [2.45, 2.75) is 86.5 Å².